The normalized spacial score (nSPS) is 13.4. The van der Waals surface area contributed by atoms with Gasteiger partial charge in [0.1, 0.15) is 5.82 Å². The Morgan fingerprint density at radius 2 is 1.80 bits per heavy atom. The maximum atomic E-state index is 12.4. The molecule has 1 aliphatic carbocycles. The molecule has 1 fully saturated rings. The Hall–Kier alpha value is -2.26. The van der Waals surface area contributed by atoms with E-state index < -0.39 is 0 Å². The Morgan fingerprint density at radius 1 is 1.03 bits per heavy atom. The predicted molar refractivity (Wildman–Crippen MR) is 110 cm³/mol. The van der Waals surface area contributed by atoms with E-state index in [4.69, 9.17) is 11.6 Å². The summed E-state index contributed by atoms with van der Waals surface area (Å²) < 4.78 is 3.27. The van der Waals surface area contributed by atoms with Gasteiger partial charge in [-0.3, -0.25) is 9.36 Å². The zero-order valence-corrected chi connectivity index (χ0v) is 19.3. The SMILES string of the molecule is Clc1cn[c-]nc1.O=c1c2nccn2ccn1-c1ccc(NC2CCCC2)nc1.[Na+]. The number of fused-ring (bicyclic) bond motifs is 1. The van der Waals surface area contributed by atoms with E-state index in [1.54, 1.807) is 33.8 Å². The van der Waals surface area contributed by atoms with E-state index in [0.29, 0.717) is 16.7 Å². The number of aromatic nitrogens is 6. The van der Waals surface area contributed by atoms with Crippen LogP contribution in [0, 0.1) is 6.33 Å². The van der Waals surface area contributed by atoms with Crippen LogP contribution >= 0.6 is 11.6 Å². The number of nitrogens with zero attached hydrogens (tertiary/aromatic N) is 6. The van der Waals surface area contributed by atoms with E-state index in [9.17, 15) is 4.79 Å². The van der Waals surface area contributed by atoms with Gasteiger partial charge in [0, 0.05) is 37.2 Å². The summed E-state index contributed by atoms with van der Waals surface area (Å²) in [5.74, 6) is 0.866. The van der Waals surface area contributed by atoms with Gasteiger partial charge in [0.15, 0.2) is 0 Å². The van der Waals surface area contributed by atoms with Gasteiger partial charge in [-0.2, -0.15) is 0 Å². The monoisotopic (exact) mass is 431 g/mol. The third-order valence-electron chi connectivity index (χ3n) is 4.68. The van der Waals surface area contributed by atoms with Crippen molar-refractivity contribution in [3.63, 3.8) is 0 Å². The van der Waals surface area contributed by atoms with Crippen LogP contribution in [0.25, 0.3) is 11.3 Å². The van der Waals surface area contributed by atoms with Crippen molar-refractivity contribution in [2.45, 2.75) is 31.7 Å². The number of nitrogens with one attached hydrogen (secondary N) is 1. The zero-order chi connectivity index (χ0) is 20.1. The van der Waals surface area contributed by atoms with Crippen molar-refractivity contribution in [2.24, 2.45) is 0 Å². The molecule has 0 amide bonds. The molecule has 0 saturated heterocycles. The molecule has 0 atom stereocenters. The summed E-state index contributed by atoms with van der Waals surface area (Å²) in [6, 6.07) is 4.36. The van der Waals surface area contributed by atoms with E-state index >= 15 is 0 Å². The van der Waals surface area contributed by atoms with Crippen LogP contribution in [0.4, 0.5) is 5.82 Å². The first-order valence-corrected chi connectivity index (χ1v) is 9.69. The predicted octanol–water partition coefficient (Wildman–Crippen LogP) is 0.169. The van der Waals surface area contributed by atoms with Crippen molar-refractivity contribution >= 4 is 23.1 Å². The minimum Gasteiger partial charge on any atom is -0.373 e. The molecule has 1 saturated carbocycles. The maximum absolute atomic E-state index is 12.4. The van der Waals surface area contributed by atoms with Crippen LogP contribution in [-0.2, 0) is 0 Å². The summed E-state index contributed by atoms with van der Waals surface area (Å²) in [4.78, 5) is 27.9. The summed E-state index contributed by atoms with van der Waals surface area (Å²) in [6.45, 7) is 0. The smallest absolute Gasteiger partial charge is 0.373 e. The summed E-state index contributed by atoms with van der Waals surface area (Å²) in [5.41, 5.74) is 1.01. The van der Waals surface area contributed by atoms with E-state index in [0.717, 1.165) is 11.5 Å². The third-order valence-corrected chi connectivity index (χ3v) is 4.87. The molecule has 10 heteroatoms. The van der Waals surface area contributed by atoms with Gasteiger partial charge in [-0.25, -0.2) is 9.97 Å². The Bertz CT molecular complexity index is 1130. The molecule has 8 nitrogen and oxygen atoms in total. The summed E-state index contributed by atoms with van der Waals surface area (Å²) >= 11 is 5.39. The van der Waals surface area contributed by atoms with Crippen LogP contribution in [0.2, 0.25) is 5.02 Å². The van der Waals surface area contributed by atoms with Crippen LogP contribution < -0.4 is 40.4 Å². The van der Waals surface area contributed by atoms with Gasteiger partial charge < -0.3 is 19.7 Å². The summed E-state index contributed by atoms with van der Waals surface area (Å²) in [6.07, 6.45) is 18.9. The number of anilines is 1. The second-order valence-electron chi connectivity index (χ2n) is 6.66. The second kappa shape index (κ2) is 10.7. The van der Waals surface area contributed by atoms with Gasteiger partial charge in [0.2, 0.25) is 5.65 Å². The van der Waals surface area contributed by atoms with E-state index in [-0.39, 0.29) is 35.1 Å². The van der Waals surface area contributed by atoms with E-state index in [1.807, 2.05) is 18.3 Å². The topological polar surface area (TPSA) is 90.0 Å². The average molecular weight is 432 g/mol. The molecule has 4 heterocycles. The first-order valence-electron chi connectivity index (χ1n) is 9.31. The molecule has 0 unspecified atom stereocenters. The van der Waals surface area contributed by atoms with Crippen LogP contribution in [0.1, 0.15) is 25.7 Å². The van der Waals surface area contributed by atoms with Crippen molar-refractivity contribution < 1.29 is 29.6 Å². The van der Waals surface area contributed by atoms with E-state index in [2.05, 4.69) is 31.6 Å². The molecule has 4 aromatic rings. The maximum Gasteiger partial charge on any atom is 1.00 e. The van der Waals surface area contributed by atoms with E-state index in [1.165, 1.54) is 38.1 Å². The summed E-state index contributed by atoms with van der Waals surface area (Å²) in [5, 5.41) is 3.99. The molecule has 4 aromatic heterocycles. The molecular formula is C20H19ClN7NaO. The average Bonchev–Trinajstić information content (AvgIpc) is 3.42. The number of hydrogen-bond donors (Lipinski definition) is 1. The standard InChI is InChI=1S/C16H17N5O.C4H2ClN2.Na/c22-16-15-17-7-8-20(15)9-10-21(16)13-5-6-14(18-11-13)19-12-3-1-2-4-12;5-4-1-6-3-7-2-4;/h5-12H,1-4H2,(H,18,19);1-2H;/q;-1;+1. The number of rotatable bonds is 3. The fourth-order valence-electron chi connectivity index (χ4n) is 3.26. The number of hydrogen-bond acceptors (Lipinski definition) is 6. The molecule has 1 N–H and O–H groups in total. The van der Waals surface area contributed by atoms with Gasteiger partial charge in [-0.05, 0) is 30.0 Å². The Labute approximate surface area is 200 Å². The van der Waals surface area contributed by atoms with Crippen molar-refractivity contribution in [2.75, 3.05) is 5.32 Å². The molecule has 0 bridgehead atoms. The van der Waals surface area contributed by atoms with Crippen LogP contribution in [0.3, 0.4) is 0 Å². The first kappa shape index (κ1) is 22.4. The third kappa shape index (κ3) is 5.46. The molecule has 30 heavy (non-hydrogen) atoms. The largest absolute Gasteiger partial charge is 1.00 e. The minimum absolute atomic E-state index is 0. The molecule has 148 valence electrons. The van der Waals surface area contributed by atoms with Gasteiger partial charge in [0.05, 0.1) is 11.9 Å². The van der Waals surface area contributed by atoms with Gasteiger partial charge in [0.25, 0.3) is 5.56 Å². The fourth-order valence-corrected chi connectivity index (χ4v) is 3.35. The Balaban J connectivity index is 0.000000274. The second-order valence-corrected chi connectivity index (χ2v) is 7.10. The fraction of sp³-hybridized carbons (Fsp3) is 0.250. The van der Waals surface area contributed by atoms with Crippen molar-refractivity contribution in [3.05, 3.63) is 77.2 Å². The van der Waals surface area contributed by atoms with Gasteiger partial charge in [-0.1, -0.05) is 25.2 Å². The molecule has 1 aliphatic rings. The molecular weight excluding hydrogens is 413 g/mol. The Kier molecular flexibility index (Phi) is 7.98. The van der Waals surface area contributed by atoms with Crippen molar-refractivity contribution in [1.82, 2.24) is 28.9 Å². The van der Waals surface area contributed by atoms with Crippen LogP contribution in [0.5, 0.6) is 0 Å². The first-order chi connectivity index (χ1) is 14.2. The molecule has 0 radical (unpaired) electrons. The number of pyridine rings is 1. The van der Waals surface area contributed by atoms with Gasteiger partial charge >= 0.3 is 29.6 Å². The zero-order valence-electron chi connectivity index (χ0n) is 16.6. The molecule has 0 aliphatic heterocycles. The minimum atomic E-state index is -0.147. The molecule has 0 aromatic carbocycles. The van der Waals surface area contributed by atoms with Crippen LogP contribution in [-0.4, -0.2) is 34.9 Å². The number of imidazole rings is 1. The molecule has 0 spiro atoms. The van der Waals surface area contributed by atoms with Crippen LogP contribution in [0.15, 0.2) is 60.3 Å². The Morgan fingerprint density at radius 3 is 2.43 bits per heavy atom. The summed E-state index contributed by atoms with van der Waals surface area (Å²) in [7, 11) is 0. The molecule has 5 rings (SSSR count). The van der Waals surface area contributed by atoms with Crippen molar-refractivity contribution in [1.29, 1.82) is 0 Å². The quantitative estimate of drug-likeness (QED) is 0.367. The van der Waals surface area contributed by atoms with Gasteiger partial charge in [-0.15, -0.1) is 11.6 Å². The van der Waals surface area contributed by atoms with Crippen molar-refractivity contribution in [3.8, 4) is 5.69 Å². The number of halogens is 1.